The second-order valence-electron chi connectivity index (χ2n) is 5.45. The number of aliphatic hydroxyl groups is 1. The van der Waals surface area contributed by atoms with Gasteiger partial charge in [-0.25, -0.2) is 0 Å². The number of hydrogen-bond donors (Lipinski definition) is 1. The zero-order chi connectivity index (χ0) is 9.69. The van der Waals surface area contributed by atoms with Crippen LogP contribution in [0.1, 0.15) is 19.3 Å². The lowest BCUT2D eigenvalue weighted by atomic mass is 9.88. The van der Waals surface area contributed by atoms with Crippen molar-refractivity contribution in [3.63, 3.8) is 0 Å². The van der Waals surface area contributed by atoms with Crippen LogP contribution >= 0.6 is 0 Å². The van der Waals surface area contributed by atoms with E-state index in [1.54, 1.807) is 0 Å². The molecule has 2 atom stereocenters. The van der Waals surface area contributed by atoms with Gasteiger partial charge in [0.05, 0.1) is 0 Å². The molecule has 2 nitrogen and oxygen atoms in total. The molecule has 2 rings (SSSR count). The van der Waals surface area contributed by atoms with Crippen LogP contribution in [0.5, 0.6) is 0 Å². The maximum atomic E-state index is 11.5. The molecule has 2 aliphatic rings. The summed E-state index contributed by atoms with van der Waals surface area (Å²) in [4.78, 5) is 11.5. The van der Waals surface area contributed by atoms with Crippen LogP contribution in [0.15, 0.2) is 0 Å². The summed E-state index contributed by atoms with van der Waals surface area (Å²) < 4.78 is 0. The second kappa shape index (κ2) is 2.67. The summed E-state index contributed by atoms with van der Waals surface area (Å²) in [6.07, 6.45) is 2.30. The van der Waals surface area contributed by atoms with E-state index in [1.165, 1.54) is 0 Å². The molecule has 1 saturated heterocycles. The molecule has 3 heteroatoms. The molecule has 0 radical (unpaired) electrons. The SMILES string of the molecule is C[Si]1(C)CC[C@]2(O)C(=O)CC[C@@H]2C1. The summed E-state index contributed by atoms with van der Waals surface area (Å²) >= 11 is 0. The number of carbonyl (C=O) groups is 1. The lowest BCUT2D eigenvalue weighted by Gasteiger charge is -2.40. The predicted molar refractivity (Wildman–Crippen MR) is 54.4 cm³/mol. The molecule has 1 aliphatic heterocycles. The van der Waals surface area contributed by atoms with E-state index in [0.717, 1.165) is 24.9 Å². The van der Waals surface area contributed by atoms with Gasteiger partial charge in [-0.3, -0.25) is 4.79 Å². The van der Waals surface area contributed by atoms with Gasteiger partial charge in [0.15, 0.2) is 5.78 Å². The molecule has 1 N–H and O–H groups in total. The molecule has 0 aromatic rings. The zero-order valence-electron chi connectivity index (χ0n) is 8.47. The van der Waals surface area contributed by atoms with Gasteiger partial charge in [-0.1, -0.05) is 25.2 Å². The first kappa shape index (κ1) is 9.40. The first-order chi connectivity index (χ1) is 5.94. The van der Waals surface area contributed by atoms with Gasteiger partial charge >= 0.3 is 0 Å². The molecule has 13 heavy (non-hydrogen) atoms. The third kappa shape index (κ3) is 1.38. The molecule has 74 valence electrons. The normalized spacial score (nSPS) is 43.3. The molecule has 1 aliphatic carbocycles. The van der Waals surface area contributed by atoms with Crippen LogP contribution in [0.3, 0.4) is 0 Å². The number of carbonyl (C=O) groups excluding carboxylic acids is 1. The van der Waals surface area contributed by atoms with Crippen molar-refractivity contribution in [2.45, 2.75) is 50.0 Å². The summed E-state index contributed by atoms with van der Waals surface area (Å²) in [6.45, 7) is 4.74. The lowest BCUT2D eigenvalue weighted by molar-refractivity contribution is -0.136. The first-order valence-corrected chi connectivity index (χ1v) is 8.61. The monoisotopic (exact) mass is 198 g/mol. The van der Waals surface area contributed by atoms with Crippen LogP contribution in [-0.4, -0.2) is 24.6 Å². The first-order valence-electron chi connectivity index (χ1n) is 5.20. The van der Waals surface area contributed by atoms with Crippen LogP contribution < -0.4 is 0 Å². The highest BCUT2D eigenvalue weighted by Crippen LogP contribution is 2.47. The molecule has 0 unspecified atom stereocenters. The fraction of sp³-hybridized carbons (Fsp3) is 0.900. The summed E-state index contributed by atoms with van der Waals surface area (Å²) in [6, 6.07) is 2.26. The lowest BCUT2D eigenvalue weighted by Crippen LogP contribution is -2.49. The van der Waals surface area contributed by atoms with Gasteiger partial charge < -0.3 is 5.11 Å². The Morgan fingerprint density at radius 2 is 2.23 bits per heavy atom. The quantitative estimate of drug-likeness (QED) is 0.603. The maximum Gasteiger partial charge on any atom is 0.164 e. The third-order valence-corrected chi connectivity index (χ3v) is 7.06. The molecule has 2 fully saturated rings. The van der Waals surface area contributed by atoms with E-state index in [0.29, 0.717) is 12.3 Å². The van der Waals surface area contributed by atoms with Crippen molar-refractivity contribution < 1.29 is 9.90 Å². The Balaban J connectivity index is 2.21. The molecule has 0 amide bonds. The van der Waals surface area contributed by atoms with E-state index < -0.39 is 13.7 Å². The van der Waals surface area contributed by atoms with E-state index in [-0.39, 0.29) is 5.78 Å². The average Bonchev–Trinajstić information content (AvgIpc) is 2.30. The molecule has 1 heterocycles. The van der Waals surface area contributed by atoms with Gasteiger partial charge in [0, 0.05) is 14.5 Å². The van der Waals surface area contributed by atoms with E-state index in [9.17, 15) is 9.90 Å². The van der Waals surface area contributed by atoms with Gasteiger partial charge in [-0.15, -0.1) is 0 Å². The van der Waals surface area contributed by atoms with Crippen molar-refractivity contribution in [2.24, 2.45) is 5.92 Å². The molecule has 0 spiro atoms. The third-order valence-electron chi connectivity index (χ3n) is 3.86. The van der Waals surface area contributed by atoms with Crippen molar-refractivity contribution in [3.8, 4) is 0 Å². The highest BCUT2D eigenvalue weighted by molar-refractivity contribution is 6.77. The predicted octanol–water partition coefficient (Wildman–Crippen LogP) is 1.81. The van der Waals surface area contributed by atoms with Crippen molar-refractivity contribution in [1.29, 1.82) is 0 Å². The maximum absolute atomic E-state index is 11.5. The Kier molecular flexibility index (Phi) is 1.93. The summed E-state index contributed by atoms with van der Waals surface area (Å²) in [5, 5.41) is 10.2. The van der Waals surface area contributed by atoms with Crippen LogP contribution in [0, 0.1) is 5.92 Å². The van der Waals surface area contributed by atoms with E-state index in [2.05, 4.69) is 13.1 Å². The second-order valence-corrected chi connectivity index (χ2v) is 10.7. The number of fused-ring (bicyclic) bond motifs is 1. The van der Waals surface area contributed by atoms with Gasteiger partial charge in [-0.05, 0) is 18.8 Å². The Morgan fingerprint density at radius 1 is 1.54 bits per heavy atom. The Labute approximate surface area is 80.3 Å². The van der Waals surface area contributed by atoms with E-state index >= 15 is 0 Å². The van der Waals surface area contributed by atoms with Gasteiger partial charge in [-0.2, -0.15) is 0 Å². The fourth-order valence-electron chi connectivity index (χ4n) is 2.90. The number of ketones is 1. The molecule has 0 aromatic carbocycles. The van der Waals surface area contributed by atoms with E-state index in [1.807, 2.05) is 0 Å². The highest BCUT2D eigenvalue weighted by Gasteiger charge is 2.53. The smallest absolute Gasteiger partial charge is 0.164 e. The molecular weight excluding hydrogens is 180 g/mol. The minimum atomic E-state index is -1.07. The van der Waals surface area contributed by atoms with Crippen LogP contribution in [0.2, 0.25) is 25.2 Å². The molecule has 0 bridgehead atoms. The number of Topliss-reactive ketones (excluding diaryl/α,β-unsaturated/α-hetero) is 1. The van der Waals surface area contributed by atoms with Gasteiger partial charge in [0.1, 0.15) is 5.60 Å². The Morgan fingerprint density at radius 3 is 2.92 bits per heavy atom. The number of rotatable bonds is 0. The number of hydrogen-bond acceptors (Lipinski definition) is 2. The van der Waals surface area contributed by atoms with Crippen LogP contribution in [-0.2, 0) is 4.79 Å². The Hall–Kier alpha value is -0.153. The van der Waals surface area contributed by atoms with Crippen molar-refractivity contribution >= 4 is 13.9 Å². The summed E-state index contributed by atoms with van der Waals surface area (Å²) in [7, 11) is -1.07. The largest absolute Gasteiger partial charge is 0.382 e. The minimum absolute atomic E-state index is 0.113. The molecule has 0 aromatic heterocycles. The standard InChI is InChI=1S/C10H18O2Si/c1-13(2)6-5-10(12)8(7-13)3-4-9(10)11/h8,12H,3-7H2,1-2H3/t8-,10-/m1/s1. The fourth-order valence-corrected chi connectivity index (χ4v) is 6.04. The van der Waals surface area contributed by atoms with Gasteiger partial charge in [0.25, 0.3) is 0 Å². The van der Waals surface area contributed by atoms with Crippen LogP contribution in [0.4, 0.5) is 0 Å². The summed E-state index contributed by atoms with van der Waals surface area (Å²) in [5.41, 5.74) is -0.900. The van der Waals surface area contributed by atoms with Crippen molar-refractivity contribution in [2.75, 3.05) is 0 Å². The van der Waals surface area contributed by atoms with E-state index in [4.69, 9.17) is 0 Å². The Bertz CT molecular complexity index is 249. The van der Waals surface area contributed by atoms with Crippen LogP contribution in [0.25, 0.3) is 0 Å². The highest BCUT2D eigenvalue weighted by atomic mass is 28.3. The topological polar surface area (TPSA) is 37.3 Å². The van der Waals surface area contributed by atoms with Gasteiger partial charge in [0.2, 0.25) is 0 Å². The van der Waals surface area contributed by atoms with Crippen molar-refractivity contribution in [3.05, 3.63) is 0 Å². The average molecular weight is 198 g/mol. The molecular formula is C10H18O2Si. The molecule has 1 saturated carbocycles. The minimum Gasteiger partial charge on any atom is -0.382 e. The van der Waals surface area contributed by atoms with Crippen molar-refractivity contribution in [1.82, 2.24) is 0 Å². The summed E-state index contributed by atoms with van der Waals surface area (Å²) in [5.74, 6) is 0.414. The zero-order valence-corrected chi connectivity index (χ0v) is 9.47.